The van der Waals surface area contributed by atoms with Gasteiger partial charge in [-0.1, -0.05) is 6.07 Å². The Morgan fingerprint density at radius 3 is 2.85 bits per heavy atom. The van der Waals surface area contributed by atoms with Gasteiger partial charge in [-0.3, -0.25) is 0 Å². The minimum absolute atomic E-state index is 0.149. The van der Waals surface area contributed by atoms with E-state index < -0.39 is 0 Å². The van der Waals surface area contributed by atoms with Crippen molar-refractivity contribution in [2.45, 2.75) is 38.3 Å². The molecule has 1 fully saturated rings. The van der Waals surface area contributed by atoms with Gasteiger partial charge in [-0.15, -0.1) is 0 Å². The number of nitrogens with zero attached hydrogens (tertiary/aromatic N) is 1. The lowest BCUT2D eigenvalue weighted by molar-refractivity contribution is 0.0216. The normalized spacial score (nSPS) is 20.6. The third-order valence-corrected chi connectivity index (χ3v) is 4.11. The van der Waals surface area contributed by atoms with Crippen molar-refractivity contribution < 1.29 is 9.84 Å². The highest BCUT2D eigenvalue weighted by Gasteiger charge is 2.17. The molecular formula is C16H26N2O2. The molecule has 1 aromatic carbocycles. The van der Waals surface area contributed by atoms with E-state index in [1.165, 1.54) is 12.8 Å². The number of phenolic OH excluding ortho intramolecular Hbond substituents is 1. The quantitative estimate of drug-likeness (QED) is 0.869. The lowest BCUT2D eigenvalue weighted by atomic mass is 10.1. The van der Waals surface area contributed by atoms with E-state index in [9.17, 15) is 5.11 Å². The van der Waals surface area contributed by atoms with Gasteiger partial charge >= 0.3 is 0 Å². The van der Waals surface area contributed by atoms with E-state index in [0.29, 0.717) is 11.9 Å². The highest BCUT2D eigenvalue weighted by Crippen LogP contribution is 2.29. The Bertz CT molecular complexity index is 430. The number of hydrogen-bond donors (Lipinski definition) is 2. The third kappa shape index (κ3) is 3.64. The Hall–Kier alpha value is -1.26. The minimum atomic E-state index is 0.149. The molecule has 1 aromatic rings. The van der Waals surface area contributed by atoms with Crippen molar-refractivity contribution in [3.05, 3.63) is 23.8 Å². The summed E-state index contributed by atoms with van der Waals surface area (Å²) in [5.41, 5.74) is 1.96. The number of hydrogen-bond acceptors (Lipinski definition) is 4. The molecule has 2 atom stereocenters. The monoisotopic (exact) mass is 278 g/mol. The maximum absolute atomic E-state index is 10.1. The zero-order valence-corrected chi connectivity index (χ0v) is 12.7. The average Bonchev–Trinajstić information content (AvgIpc) is 2.47. The van der Waals surface area contributed by atoms with Crippen LogP contribution in [-0.2, 0) is 4.74 Å². The van der Waals surface area contributed by atoms with E-state index in [0.717, 1.165) is 30.8 Å². The van der Waals surface area contributed by atoms with Gasteiger partial charge < -0.3 is 20.1 Å². The molecule has 2 rings (SSSR count). The Morgan fingerprint density at radius 2 is 2.25 bits per heavy atom. The minimum Gasteiger partial charge on any atom is -0.508 e. The summed E-state index contributed by atoms with van der Waals surface area (Å²) in [5.74, 6) is 0.348. The highest BCUT2D eigenvalue weighted by molar-refractivity contribution is 5.53. The van der Waals surface area contributed by atoms with Gasteiger partial charge in [-0.25, -0.2) is 0 Å². The van der Waals surface area contributed by atoms with Crippen molar-refractivity contribution in [3.8, 4) is 5.75 Å². The number of rotatable bonds is 5. The first-order chi connectivity index (χ1) is 9.61. The molecule has 0 aromatic heterocycles. The first-order valence-electron chi connectivity index (χ1n) is 7.44. The van der Waals surface area contributed by atoms with Gasteiger partial charge in [0.1, 0.15) is 5.75 Å². The van der Waals surface area contributed by atoms with Crippen molar-refractivity contribution in [1.82, 2.24) is 5.32 Å². The van der Waals surface area contributed by atoms with Crippen molar-refractivity contribution >= 4 is 5.69 Å². The van der Waals surface area contributed by atoms with Crippen LogP contribution in [0.2, 0.25) is 0 Å². The third-order valence-electron chi connectivity index (χ3n) is 4.11. The second-order valence-electron chi connectivity index (χ2n) is 5.62. The average molecular weight is 278 g/mol. The maximum atomic E-state index is 10.1. The molecule has 4 nitrogen and oxygen atoms in total. The van der Waals surface area contributed by atoms with E-state index in [1.807, 2.05) is 33.2 Å². The summed E-state index contributed by atoms with van der Waals surface area (Å²) in [5, 5.41) is 13.3. The largest absolute Gasteiger partial charge is 0.508 e. The second kappa shape index (κ2) is 6.95. The van der Waals surface area contributed by atoms with Gasteiger partial charge in [0.25, 0.3) is 0 Å². The number of benzene rings is 1. The maximum Gasteiger partial charge on any atom is 0.122 e. The van der Waals surface area contributed by atoms with Crippen molar-refractivity contribution in [2.75, 3.05) is 32.1 Å². The molecule has 0 saturated carbocycles. The fourth-order valence-electron chi connectivity index (χ4n) is 2.65. The number of aromatic hydroxyl groups is 1. The molecule has 0 amide bonds. The van der Waals surface area contributed by atoms with Gasteiger partial charge in [0.15, 0.2) is 0 Å². The highest BCUT2D eigenvalue weighted by atomic mass is 16.5. The van der Waals surface area contributed by atoms with E-state index in [2.05, 4.69) is 16.3 Å². The summed E-state index contributed by atoms with van der Waals surface area (Å²) in [6.07, 6.45) is 3.87. The molecule has 2 N–H and O–H groups in total. The van der Waals surface area contributed by atoms with Crippen molar-refractivity contribution in [1.29, 1.82) is 0 Å². The number of likely N-dealkylation sites (N-methyl/N-ethyl adjacent to an activating group) is 1. The fourth-order valence-corrected chi connectivity index (χ4v) is 2.65. The van der Waals surface area contributed by atoms with Crippen molar-refractivity contribution in [3.63, 3.8) is 0 Å². The first kappa shape index (κ1) is 15.1. The Balaban J connectivity index is 2.02. The molecule has 112 valence electrons. The summed E-state index contributed by atoms with van der Waals surface area (Å²) >= 11 is 0. The van der Waals surface area contributed by atoms with Crippen LogP contribution in [-0.4, -0.2) is 38.5 Å². The van der Waals surface area contributed by atoms with Gasteiger partial charge in [0.05, 0.1) is 6.10 Å². The van der Waals surface area contributed by atoms with Crippen LogP contribution in [0.3, 0.4) is 0 Å². The molecule has 1 aliphatic rings. The molecule has 20 heavy (non-hydrogen) atoms. The summed E-state index contributed by atoms with van der Waals surface area (Å²) in [6, 6.07) is 6.04. The summed E-state index contributed by atoms with van der Waals surface area (Å²) in [7, 11) is 3.94. The standard InChI is InChI=1S/C16H26N2O2/c1-12(17-2)15-8-7-13(10-16(15)19)18(3)11-14-6-4-5-9-20-14/h7-8,10,12,14,17,19H,4-6,9,11H2,1-3H3. The van der Waals surface area contributed by atoms with Crippen LogP contribution >= 0.6 is 0 Å². The molecule has 0 aliphatic carbocycles. The fraction of sp³-hybridized carbons (Fsp3) is 0.625. The Morgan fingerprint density at radius 1 is 1.45 bits per heavy atom. The smallest absolute Gasteiger partial charge is 0.122 e. The lowest BCUT2D eigenvalue weighted by Crippen LogP contribution is -2.33. The summed E-state index contributed by atoms with van der Waals surface area (Å²) in [6.45, 7) is 3.79. The number of phenols is 1. The van der Waals surface area contributed by atoms with E-state index in [-0.39, 0.29) is 6.04 Å². The molecule has 0 bridgehead atoms. The van der Waals surface area contributed by atoms with E-state index >= 15 is 0 Å². The predicted octanol–water partition coefficient (Wildman–Crippen LogP) is 2.68. The van der Waals surface area contributed by atoms with Gasteiger partial charge in [0.2, 0.25) is 0 Å². The van der Waals surface area contributed by atoms with Crippen LogP contribution in [0.4, 0.5) is 5.69 Å². The molecule has 2 unspecified atom stereocenters. The molecule has 0 spiro atoms. The molecule has 0 radical (unpaired) electrons. The number of anilines is 1. The van der Waals surface area contributed by atoms with E-state index in [1.54, 1.807) is 0 Å². The predicted molar refractivity (Wildman–Crippen MR) is 82.4 cm³/mol. The summed E-state index contributed by atoms with van der Waals surface area (Å²) in [4.78, 5) is 2.16. The van der Waals surface area contributed by atoms with Crippen LogP contribution in [0.25, 0.3) is 0 Å². The molecule has 1 heterocycles. The van der Waals surface area contributed by atoms with Crippen LogP contribution in [0, 0.1) is 0 Å². The van der Waals surface area contributed by atoms with Crippen LogP contribution in [0.15, 0.2) is 18.2 Å². The van der Waals surface area contributed by atoms with Gasteiger partial charge in [0, 0.05) is 43.6 Å². The van der Waals surface area contributed by atoms with E-state index in [4.69, 9.17) is 4.74 Å². The number of ether oxygens (including phenoxy) is 1. The molecule has 1 aliphatic heterocycles. The Labute approximate surface area is 121 Å². The number of nitrogens with one attached hydrogen (secondary N) is 1. The SMILES string of the molecule is CNC(C)c1ccc(N(C)CC2CCCCO2)cc1O. The first-order valence-corrected chi connectivity index (χ1v) is 7.44. The molecular weight excluding hydrogens is 252 g/mol. The second-order valence-corrected chi connectivity index (χ2v) is 5.62. The molecule has 4 heteroatoms. The van der Waals surface area contributed by atoms with Gasteiger partial charge in [-0.2, -0.15) is 0 Å². The van der Waals surface area contributed by atoms with Gasteiger partial charge in [-0.05, 0) is 39.3 Å². The summed E-state index contributed by atoms with van der Waals surface area (Å²) < 4.78 is 5.77. The lowest BCUT2D eigenvalue weighted by Gasteiger charge is -2.29. The van der Waals surface area contributed by atoms with Crippen LogP contribution < -0.4 is 10.2 Å². The Kier molecular flexibility index (Phi) is 5.26. The molecule has 1 saturated heterocycles. The zero-order valence-electron chi connectivity index (χ0n) is 12.7. The van der Waals surface area contributed by atoms with Crippen LogP contribution in [0.1, 0.15) is 37.8 Å². The van der Waals surface area contributed by atoms with Crippen molar-refractivity contribution in [2.24, 2.45) is 0 Å². The van der Waals surface area contributed by atoms with Crippen LogP contribution in [0.5, 0.6) is 5.75 Å². The topological polar surface area (TPSA) is 44.7 Å². The zero-order chi connectivity index (χ0) is 14.5.